The minimum absolute atomic E-state index is 0.185. The Morgan fingerprint density at radius 3 is 2.61 bits per heavy atom. The summed E-state index contributed by atoms with van der Waals surface area (Å²) in [6, 6.07) is 17.1. The van der Waals surface area contributed by atoms with E-state index in [4.69, 9.17) is 23.2 Å². The standard InChI is InChI=1S/C28H20Cl2FN3O3S/c1-16-9-10-18(12-22(16)30)32-26(35)15-34-27(36)25(38-28(34)37)11-17-13-33(24-8-3-2-5-19(17)24)14-20-21(29)6-4-7-23(20)31/h2-13H,14-15H2,1H3,(H,32,35)/b25-11+. The Kier molecular flexibility index (Phi) is 7.29. The van der Waals surface area contributed by atoms with Gasteiger partial charge in [0.15, 0.2) is 0 Å². The van der Waals surface area contributed by atoms with E-state index in [0.717, 1.165) is 33.1 Å². The Morgan fingerprint density at radius 1 is 1.05 bits per heavy atom. The van der Waals surface area contributed by atoms with Crippen LogP contribution in [-0.4, -0.2) is 33.1 Å². The molecule has 2 heterocycles. The molecule has 192 valence electrons. The third-order valence-corrected chi connectivity index (χ3v) is 7.80. The highest BCUT2D eigenvalue weighted by molar-refractivity contribution is 8.18. The fourth-order valence-electron chi connectivity index (χ4n) is 4.17. The van der Waals surface area contributed by atoms with Crippen LogP contribution in [0.2, 0.25) is 10.0 Å². The summed E-state index contributed by atoms with van der Waals surface area (Å²) < 4.78 is 16.3. The summed E-state index contributed by atoms with van der Waals surface area (Å²) in [5, 5.41) is 3.75. The van der Waals surface area contributed by atoms with Gasteiger partial charge in [0, 0.05) is 44.0 Å². The number of rotatable bonds is 6. The average molecular weight is 568 g/mol. The van der Waals surface area contributed by atoms with E-state index in [0.29, 0.717) is 26.9 Å². The Labute approximate surface area is 232 Å². The number of fused-ring (bicyclic) bond motifs is 1. The first-order valence-corrected chi connectivity index (χ1v) is 13.1. The molecule has 10 heteroatoms. The molecule has 3 amide bonds. The molecule has 0 radical (unpaired) electrons. The van der Waals surface area contributed by atoms with Gasteiger partial charge in [-0.05, 0) is 60.7 Å². The zero-order valence-electron chi connectivity index (χ0n) is 20.0. The van der Waals surface area contributed by atoms with Crippen molar-refractivity contribution in [3.8, 4) is 0 Å². The molecule has 1 fully saturated rings. The van der Waals surface area contributed by atoms with Crippen LogP contribution in [0, 0.1) is 12.7 Å². The summed E-state index contributed by atoms with van der Waals surface area (Å²) in [6.45, 7) is 1.60. The van der Waals surface area contributed by atoms with E-state index in [1.165, 1.54) is 6.07 Å². The predicted octanol–water partition coefficient (Wildman–Crippen LogP) is 7.12. The Balaban J connectivity index is 1.38. The number of aryl methyl sites for hydroxylation is 1. The number of imide groups is 1. The first-order valence-electron chi connectivity index (χ1n) is 11.5. The molecule has 6 nitrogen and oxygen atoms in total. The van der Waals surface area contributed by atoms with Crippen LogP contribution in [0.4, 0.5) is 14.9 Å². The number of benzene rings is 3. The number of para-hydroxylation sites is 1. The van der Waals surface area contributed by atoms with Crippen molar-refractivity contribution in [1.29, 1.82) is 0 Å². The molecule has 38 heavy (non-hydrogen) atoms. The lowest BCUT2D eigenvalue weighted by Crippen LogP contribution is -2.36. The molecule has 0 spiro atoms. The van der Waals surface area contributed by atoms with Crippen LogP contribution < -0.4 is 5.32 Å². The molecule has 1 saturated heterocycles. The van der Waals surface area contributed by atoms with Crippen molar-refractivity contribution in [3.63, 3.8) is 0 Å². The Bertz CT molecular complexity index is 1630. The van der Waals surface area contributed by atoms with Gasteiger partial charge in [-0.15, -0.1) is 0 Å². The maximum Gasteiger partial charge on any atom is 0.294 e. The number of hydrogen-bond donors (Lipinski definition) is 1. The van der Waals surface area contributed by atoms with E-state index in [2.05, 4.69) is 5.32 Å². The molecule has 1 N–H and O–H groups in total. The first kappa shape index (κ1) is 26.0. The van der Waals surface area contributed by atoms with Gasteiger partial charge in [0.2, 0.25) is 5.91 Å². The van der Waals surface area contributed by atoms with Crippen molar-refractivity contribution >= 4 is 74.7 Å². The third kappa shape index (κ3) is 5.20. The maximum absolute atomic E-state index is 14.4. The van der Waals surface area contributed by atoms with Gasteiger partial charge >= 0.3 is 0 Å². The van der Waals surface area contributed by atoms with Crippen molar-refractivity contribution in [2.45, 2.75) is 13.5 Å². The van der Waals surface area contributed by atoms with Gasteiger partial charge in [-0.25, -0.2) is 4.39 Å². The van der Waals surface area contributed by atoms with Crippen LogP contribution in [0.15, 0.2) is 71.8 Å². The fourth-order valence-corrected chi connectivity index (χ4v) is 5.40. The van der Waals surface area contributed by atoms with E-state index in [9.17, 15) is 18.8 Å². The molecular weight excluding hydrogens is 548 g/mol. The first-order chi connectivity index (χ1) is 18.2. The zero-order valence-corrected chi connectivity index (χ0v) is 22.3. The highest BCUT2D eigenvalue weighted by Crippen LogP contribution is 2.34. The van der Waals surface area contributed by atoms with Crippen molar-refractivity contribution < 1.29 is 18.8 Å². The molecule has 3 aromatic carbocycles. The topological polar surface area (TPSA) is 71.4 Å². The molecule has 0 bridgehead atoms. The molecule has 1 aromatic heterocycles. The fraction of sp³-hybridized carbons (Fsp3) is 0.107. The summed E-state index contributed by atoms with van der Waals surface area (Å²) >= 11 is 13.1. The van der Waals surface area contributed by atoms with Crippen molar-refractivity contribution in [2.24, 2.45) is 0 Å². The van der Waals surface area contributed by atoms with Crippen LogP contribution in [0.5, 0.6) is 0 Å². The van der Waals surface area contributed by atoms with Crippen LogP contribution >= 0.6 is 35.0 Å². The predicted molar refractivity (Wildman–Crippen MR) is 150 cm³/mol. The Morgan fingerprint density at radius 2 is 1.84 bits per heavy atom. The van der Waals surface area contributed by atoms with Gasteiger partial charge in [0.1, 0.15) is 12.4 Å². The molecular formula is C28H20Cl2FN3O3S. The zero-order chi connectivity index (χ0) is 27.0. The van der Waals surface area contributed by atoms with Crippen molar-refractivity contribution in [2.75, 3.05) is 11.9 Å². The maximum atomic E-state index is 14.4. The van der Waals surface area contributed by atoms with Crippen LogP contribution in [-0.2, 0) is 16.1 Å². The highest BCUT2D eigenvalue weighted by Gasteiger charge is 2.36. The van der Waals surface area contributed by atoms with E-state index in [-0.39, 0.29) is 11.4 Å². The number of nitrogens with one attached hydrogen (secondary N) is 1. The van der Waals surface area contributed by atoms with E-state index in [1.807, 2.05) is 35.8 Å². The highest BCUT2D eigenvalue weighted by atomic mass is 35.5. The van der Waals surface area contributed by atoms with Crippen molar-refractivity contribution in [3.05, 3.63) is 104 Å². The second kappa shape index (κ2) is 10.6. The van der Waals surface area contributed by atoms with E-state index >= 15 is 0 Å². The minimum atomic E-state index is -0.564. The SMILES string of the molecule is Cc1ccc(NC(=O)CN2C(=O)S/C(=C/c3cn(Cc4c(F)cccc4Cl)c4ccccc34)C2=O)cc1Cl. The number of thioether (sulfide) groups is 1. The number of nitrogens with zero attached hydrogens (tertiary/aromatic N) is 2. The number of carbonyl (C=O) groups excluding carboxylic acids is 3. The van der Waals surface area contributed by atoms with Crippen LogP contribution in [0.25, 0.3) is 17.0 Å². The van der Waals surface area contributed by atoms with Crippen LogP contribution in [0.1, 0.15) is 16.7 Å². The average Bonchev–Trinajstić information content (AvgIpc) is 3.35. The largest absolute Gasteiger partial charge is 0.342 e. The molecule has 0 unspecified atom stereocenters. The molecule has 4 aromatic rings. The van der Waals surface area contributed by atoms with Crippen molar-refractivity contribution in [1.82, 2.24) is 9.47 Å². The second-order valence-corrected chi connectivity index (χ2v) is 10.5. The third-order valence-electron chi connectivity index (χ3n) is 6.13. The number of halogens is 3. The van der Waals surface area contributed by atoms with Crippen LogP contribution in [0.3, 0.4) is 0 Å². The quantitative estimate of drug-likeness (QED) is 0.252. The van der Waals surface area contributed by atoms with E-state index in [1.54, 1.807) is 42.6 Å². The van der Waals surface area contributed by atoms with Gasteiger partial charge in [0.25, 0.3) is 11.1 Å². The van der Waals surface area contributed by atoms with Gasteiger partial charge in [-0.3, -0.25) is 19.3 Å². The molecule has 0 atom stereocenters. The normalized spacial score (nSPS) is 14.6. The van der Waals surface area contributed by atoms with Gasteiger partial charge < -0.3 is 9.88 Å². The summed E-state index contributed by atoms with van der Waals surface area (Å²) in [4.78, 5) is 39.3. The summed E-state index contributed by atoms with van der Waals surface area (Å²) in [7, 11) is 0. The Hall–Kier alpha value is -3.59. The number of anilines is 1. The van der Waals surface area contributed by atoms with Gasteiger partial charge in [0.05, 0.1) is 11.4 Å². The smallest absolute Gasteiger partial charge is 0.294 e. The number of carbonyl (C=O) groups is 3. The number of amides is 3. The number of hydrogen-bond acceptors (Lipinski definition) is 4. The second-order valence-electron chi connectivity index (χ2n) is 8.71. The molecule has 0 saturated carbocycles. The van der Waals surface area contributed by atoms with E-state index < -0.39 is 29.4 Å². The monoisotopic (exact) mass is 567 g/mol. The van der Waals surface area contributed by atoms with Gasteiger partial charge in [-0.1, -0.05) is 53.5 Å². The molecule has 0 aliphatic carbocycles. The summed E-state index contributed by atoms with van der Waals surface area (Å²) in [5.74, 6) is -1.50. The molecule has 1 aliphatic rings. The minimum Gasteiger partial charge on any atom is -0.342 e. The molecule has 1 aliphatic heterocycles. The number of aromatic nitrogens is 1. The summed E-state index contributed by atoms with van der Waals surface area (Å²) in [6.07, 6.45) is 3.40. The van der Waals surface area contributed by atoms with Gasteiger partial charge in [-0.2, -0.15) is 0 Å². The summed E-state index contributed by atoms with van der Waals surface area (Å²) in [5.41, 5.74) is 3.17. The lowest BCUT2D eigenvalue weighted by atomic mass is 10.1. The molecule has 5 rings (SSSR count). The lowest BCUT2D eigenvalue weighted by Gasteiger charge is -2.12. The lowest BCUT2D eigenvalue weighted by molar-refractivity contribution is -0.127.